The van der Waals surface area contributed by atoms with Crippen LogP contribution in [0.5, 0.6) is 0 Å². The van der Waals surface area contributed by atoms with E-state index in [0.717, 1.165) is 56.8 Å². The van der Waals surface area contributed by atoms with Crippen LogP contribution in [0.15, 0.2) is 48.5 Å². The molecule has 1 aliphatic heterocycles. The normalized spacial score (nSPS) is 14.7. The molecule has 1 saturated heterocycles. The van der Waals surface area contributed by atoms with E-state index in [0.29, 0.717) is 5.92 Å². The summed E-state index contributed by atoms with van der Waals surface area (Å²) in [4.78, 5) is 14.6. The molecule has 1 aliphatic rings. The molecule has 0 saturated carbocycles. The van der Waals surface area contributed by atoms with Crippen LogP contribution in [0.2, 0.25) is 0 Å². The maximum atomic E-state index is 12.8. The molecule has 4 nitrogen and oxygen atoms in total. The van der Waals surface area contributed by atoms with Gasteiger partial charge in [-0.1, -0.05) is 35.9 Å². The van der Waals surface area contributed by atoms with Gasteiger partial charge in [0, 0.05) is 44.6 Å². The fourth-order valence-corrected chi connectivity index (χ4v) is 3.41. The van der Waals surface area contributed by atoms with Gasteiger partial charge in [0.25, 0.3) is 5.91 Å². The van der Waals surface area contributed by atoms with Gasteiger partial charge in [-0.05, 0) is 55.9 Å². The largest absolute Gasteiger partial charge is 0.381 e. The van der Waals surface area contributed by atoms with E-state index in [1.54, 1.807) is 0 Å². The summed E-state index contributed by atoms with van der Waals surface area (Å²) in [5.74, 6) is 0.762. The number of nitrogens with zero attached hydrogens (tertiary/aromatic N) is 1. The average Bonchev–Trinajstić information content (AvgIpc) is 2.72. The Morgan fingerprint density at radius 3 is 2.63 bits per heavy atom. The van der Waals surface area contributed by atoms with Crippen molar-refractivity contribution in [1.82, 2.24) is 4.90 Å². The minimum absolute atomic E-state index is 0.0843. The third-order valence-electron chi connectivity index (χ3n) is 5.29. The van der Waals surface area contributed by atoms with Crippen LogP contribution in [0, 0.1) is 12.8 Å². The topological polar surface area (TPSA) is 41.6 Å². The van der Waals surface area contributed by atoms with Crippen molar-refractivity contribution in [3.63, 3.8) is 0 Å². The fraction of sp³-hybridized carbons (Fsp3) is 0.435. The Bertz CT molecular complexity index is 736. The molecular formula is C23H30N2O2. The van der Waals surface area contributed by atoms with Crippen LogP contribution in [0.1, 0.15) is 40.7 Å². The van der Waals surface area contributed by atoms with Crippen molar-refractivity contribution in [2.75, 3.05) is 32.1 Å². The molecule has 144 valence electrons. The van der Waals surface area contributed by atoms with Crippen molar-refractivity contribution in [2.24, 2.45) is 5.92 Å². The highest BCUT2D eigenvalue weighted by Gasteiger charge is 2.17. The van der Waals surface area contributed by atoms with Crippen LogP contribution in [-0.2, 0) is 11.3 Å². The quantitative estimate of drug-likeness (QED) is 0.785. The summed E-state index contributed by atoms with van der Waals surface area (Å²) in [7, 11) is 1.90. The summed E-state index contributed by atoms with van der Waals surface area (Å²) >= 11 is 0. The first-order valence-electron chi connectivity index (χ1n) is 9.84. The van der Waals surface area contributed by atoms with E-state index in [9.17, 15) is 4.79 Å². The third kappa shape index (κ3) is 5.83. The van der Waals surface area contributed by atoms with Gasteiger partial charge in [-0.2, -0.15) is 0 Å². The Morgan fingerprint density at radius 2 is 1.89 bits per heavy atom. The molecule has 0 atom stereocenters. The molecule has 2 aromatic rings. The molecule has 1 N–H and O–H groups in total. The van der Waals surface area contributed by atoms with E-state index in [1.165, 1.54) is 11.1 Å². The van der Waals surface area contributed by atoms with Gasteiger partial charge in [-0.25, -0.2) is 0 Å². The number of anilines is 1. The zero-order chi connectivity index (χ0) is 19.1. The van der Waals surface area contributed by atoms with Gasteiger partial charge >= 0.3 is 0 Å². The number of hydrogen-bond donors (Lipinski definition) is 1. The smallest absolute Gasteiger partial charge is 0.253 e. The van der Waals surface area contributed by atoms with Crippen molar-refractivity contribution in [3.8, 4) is 0 Å². The van der Waals surface area contributed by atoms with E-state index in [1.807, 2.05) is 36.2 Å². The molecule has 0 bridgehead atoms. The van der Waals surface area contributed by atoms with Crippen LogP contribution in [0.4, 0.5) is 5.69 Å². The monoisotopic (exact) mass is 366 g/mol. The highest BCUT2D eigenvalue weighted by Crippen LogP contribution is 2.19. The Balaban J connectivity index is 1.53. The van der Waals surface area contributed by atoms with Crippen molar-refractivity contribution >= 4 is 11.6 Å². The Hall–Kier alpha value is -2.33. The second-order valence-corrected chi connectivity index (χ2v) is 7.49. The number of aryl methyl sites for hydroxylation is 1. The first-order valence-corrected chi connectivity index (χ1v) is 9.84. The molecule has 2 aromatic carbocycles. The summed E-state index contributed by atoms with van der Waals surface area (Å²) < 4.78 is 5.41. The second kappa shape index (κ2) is 9.56. The van der Waals surface area contributed by atoms with Crippen LogP contribution in [0.3, 0.4) is 0 Å². The summed E-state index contributed by atoms with van der Waals surface area (Å²) in [5, 5.41) is 3.41. The predicted octanol–water partition coefficient (Wildman–Crippen LogP) is 4.50. The average molecular weight is 367 g/mol. The number of ether oxygens (including phenoxy) is 1. The second-order valence-electron chi connectivity index (χ2n) is 7.49. The summed E-state index contributed by atoms with van der Waals surface area (Å²) in [6.07, 6.45) is 3.28. The van der Waals surface area contributed by atoms with Crippen molar-refractivity contribution in [2.45, 2.75) is 32.7 Å². The molecule has 1 heterocycles. The van der Waals surface area contributed by atoms with Crippen LogP contribution in [-0.4, -0.2) is 37.6 Å². The first-order chi connectivity index (χ1) is 13.1. The van der Waals surface area contributed by atoms with Gasteiger partial charge in [0.05, 0.1) is 0 Å². The Labute approximate surface area is 162 Å². The van der Waals surface area contributed by atoms with Gasteiger partial charge in [0.1, 0.15) is 0 Å². The highest BCUT2D eigenvalue weighted by molar-refractivity contribution is 5.95. The van der Waals surface area contributed by atoms with Crippen LogP contribution < -0.4 is 5.32 Å². The fourth-order valence-electron chi connectivity index (χ4n) is 3.41. The number of nitrogens with one attached hydrogen (secondary N) is 1. The van der Waals surface area contributed by atoms with E-state index >= 15 is 0 Å². The SMILES string of the molecule is Cc1ccc(CNc2cccc(C(=O)N(C)CCC3CCOCC3)c2)cc1. The molecule has 1 fully saturated rings. The standard InChI is InChI=1S/C23H30N2O2/c1-18-6-8-20(9-7-18)17-24-22-5-3-4-21(16-22)23(26)25(2)13-10-19-11-14-27-15-12-19/h3-9,16,19,24H,10-15,17H2,1-2H3. The molecule has 0 unspecified atom stereocenters. The van der Waals surface area contributed by atoms with Crippen molar-refractivity contribution in [3.05, 3.63) is 65.2 Å². The Kier molecular flexibility index (Phi) is 6.88. The number of rotatable bonds is 7. The highest BCUT2D eigenvalue weighted by atomic mass is 16.5. The number of benzene rings is 2. The molecule has 0 spiro atoms. The lowest BCUT2D eigenvalue weighted by atomic mass is 9.96. The van der Waals surface area contributed by atoms with Gasteiger partial charge in [-0.3, -0.25) is 4.79 Å². The zero-order valence-electron chi connectivity index (χ0n) is 16.4. The van der Waals surface area contributed by atoms with Gasteiger partial charge in [-0.15, -0.1) is 0 Å². The van der Waals surface area contributed by atoms with E-state index < -0.39 is 0 Å². The summed E-state index contributed by atoms with van der Waals surface area (Å²) in [6.45, 7) is 5.35. The number of carbonyl (C=O) groups excluding carboxylic acids is 1. The maximum Gasteiger partial charge on any atom is 0.253 e. The minimum atomic E-state index is 0.0843. The number of amides is 1. The van der Waals surface area contributed by atoms with Gasteiger partial charge in [0.15, 0.2) is 0 Å². The van der Waals surface area contributed by atoms with Crippen molar-refractivity contribution in [1.29, 1.82) is 0 Å². The molecule has 3 rings (SSSR count). The first kappa shape index (κ1) is 19.4. The number of carbonyl (C=O) groups is 1. The lowest BCUT2D eigenvalue weighted by Crippen LogP contribution is -2.30. The Morgan fingerprint density at radius 1 is 1.15 bits per heavy atom. The summed E-state index contributed by atoms with van der Waals surface area (Å²) in [5.41, 5.74) is 4.19. The molecule has 27 heavy (non-hydrogen) atoms. The maximum absolute atomic E-state index is 12.8. The predicted molar refractivity (Wildman–Crippen MR) is 110 cm³/mol. The van der Waals surface area contributed by atoms with E-state index in [4.69, 9.17) is 4.74 Å². The zero-order valence-corrected chi connectivity index (χ0v) is 16.4. The minimum Gasteiger partial charge on any atom is -0.381 e. The number of hydrogen-bond acceptors (Lipinski definition) is 3. The van der Waals surface area contributed by atoms with Gasteiger partial charge < -0.3 is 15.0 Å². The van der Waals surface area contributed by atoms with Crippen molar-refractivity contribution < 1.29 is 9.53 Å². The van der Waals surface area contributed by atoms with E-state index in [-0.39, 0.29) is 5.91 Å². The molecule has 0 radical (unpaired) electrons. The lowest BCUT2D eigenvalue weighted by molar-refractivity contribution is 0.0583. The molecule has 4 heteroatoms. The summed E-state index contributed by atoms with van der Waals surface area (Å²) in [6, 6.07) is 16.3. The van der Waals surface area contributed by atoms with Gasteiger partial charge in [0.2, 0.25) is 0 Å². The van der Waals surface area contributed by atoms with E-state index in [2.05, 4.69) is 36.5 Å². The lowest BCUT2D eigenvalue weighted by Gasteiger charge is -2.25. The molecule has 0 aliphatic carbocycles. The molecule has 1 amide bonds. The van der Waals surface area contributed by atoms with Crippen LogP contribution >= 0.6 is 0 Å². The molecule has 0 aromatic heterocycles. The third-order valence-corrected chi connectivity index (χ3v) is 5.29. The van der Waals surface area contributed by atoms with Crippen LogP contribution in [0.25, 0.3) is 0 Å². The molecular weight excluding hydrogens is 336 g/mol.